The van der Waals surface area contributed by atoms with E-state index < -0.39 is 16.4 Å². The summed E-state index contributed by atoms with van der Waals surface area (Å²) in [5, 5.41) is 0. The second-order valence-electron chi connectivity index (χ2n) is 2.24. The lowest BCUT2D eigenvalue weighted by Crippen LogP contribution is -2.18. The van der Waals surface area contributed by atoms with Crippen molar-refractivity contribution in [1.82, 2.24) is 0 Å². The molecule has 14 heavy (non-hydrogen) atoms. The molecule has 2 N–H and O–H groups in total. The van der Waals surface area contributed by atoms with Gasteiger partial charge in [0.1, 0.15) is 13.2 Å². The first kappa shape index (κ1) is 13.0. The molecule has 0 aliphatic rings. The number of carbonyl (C=O) groups excluding carboxylic acids is 1. The zero-order valence-electron chi connectivity index (χ0n) is 7.56. The van der Waals surface area contributed by atoms with Crippen molar-refractivity contribution in [3.8, 4) is 0 Å². The van der Waals surface area contributed by atoms with Crippen molar-refractivity contribution in [3.63, 3.8) is 0 Å². The average molecular weight is 225 g/mol. The number of carbonyl (C=O) groups is 1. The van der Waals surface area contributed by atoms with E-state index in [2.05, 4.69) is 25.7 Å². The van der Waals surface area contributed by atoms with E-state index in [1.807, 2.05) is 0 Å². The molecule has 0 saturated carbocycles. The lowest BCUT2D eigenvalue weighted by Gasteiger charge is -2.04. The molecule has 0 radical (unpaired) electrons. The summed E-state index contributed by atoms with van der Waals surface area (Å²) in [4.78, 5) is 10.8. The molecule has 0 rings (SSSR count). The molecule has 8 heteroatoms. The maximum absolute atomic E-state index is 10.8. The van der Waals surface area contributed by atoms with E-state index in [0.29, 0.717) is 0 Å². The molecule has 0 unspecified atom stereocenters. The predicted molar refractivity (Wildman–Crippen MR) is 45.9 cm³/mol. The SMILES string of the molecule is C=C(C)C(=O)OCCOS(=O)(=O)ON. The van der Waals surface area contributed by atoms with E-state index in [4.69, 9.17) is 0 Å². The van der Waals surface area contributed by atoms with Crippen molar-refractivity contribution in [2.45, 2.75) is 6.92 Å². The highest BCUT2D eigenvalue weighted by atomic mass is 32.3. The topological polar surface area (TPSA) is 105 Å². The Morgan fingerprint density at radius 2 is 2.00 bits per heavy atom. The van der Waals surface area contributed by atoms with Crippen molar-refractivity contribution < 1.29 is 26.4 Å². The van der Waals surface area contributed by atoms with Crippen molar-refractivity contribution in [2.75, 3.05) is 13.2 Å². The lowest BCUT2D eigenvalue weighted by molar-refractivity contribution is -0.139. The van der Waals surface area contributed by atoms with Crippen LogP contribution in [0.2, 0.25) is 0 Å². The molecular weight excluding hydrogens is 214 g/mol. The van der Waals surface area contributed by atoms with Crippen LogP contribution >= 0.6 is 0 Å². The Hall–Kier alpha value is -0.960. The van der Waals surface area contributed by atoms with Gasteiger partial charge in [0.15, 0.2) is 0 Å². The summed E-state index contributed by atoms with van der Waals surface area (Å²) in [5.41, 5.74) is 0.211. The molecule has 0 bridgehead atoms. The van der Waals surface area contributed by atoms with Crippen molar-refractivity contribution in [1.29, 1.82) is 0 Å². The summed E-state index contributed by atoms with van der Waals surface area (Å²) in [6.07, 6.45) is 0. The van der Waals surface area contributed by atoms with Gasteiger partial charge < -0.3 is 4.74 Å². The largest absolute Gasteiger partial charge is 0.460 e. The standard InChI is InChI=1S/C6H11NO6S/c1-5(2)6(8)11-3-4-12-14(9,10)13-7/h1,3-4,7H2,2H3. The highest BCUT2D eigenvalue weighted by Crippen LogP contribution is 1.94. The normalized spacial score (nSPS) is 11.0. The summed E-state index contributed by atoms with van der Waals surface area (Å²) >= 11 is 0. The molecule has 0 amide bonds. The van der Waals surface area contributed by atoms with Crippen LogP contribution in [0.4, 0.5) is 0 Å². The maximum atomic E-state index is 10.8. The number of rotatable bonds is 6. The van der Waals surface area contributed by atoms with E-state index in [9.17, 15) is 13.2 Å². The minimum absolute atomic E-state index is 0.211. The first-order chi connectivity index (χ1) is 6.39. The smallest absolute Gasteiger partial charge is 0.416 e. The lowest BCUT2D eigenvalue weighted by atomic mass is 10.4. The summed E-state index contributed by atoms with van der Waals surface area (Å²) in [6.45, 7) is 4.19. The number of hydrogen-bond acceptors (Lipinski definition) is 7. The monoisotopic (exact) mass is 225 g/mol. The van der Waals surface area contributed by atoms with Crippen LogP contribution in [-0.4, -0.2) is 27.6 Å². The molecule has 0 heterocycles. The van der Waals surface area contributed by atoms with Crippen LogP contribution in [0.25, 0.3) is 0 Å². The minimum Gasteiger partial charge on any atom is -0.460 e. The molecule has 0 aliphatic heterocycles. The van der Waals surface area contributed by atoms with E-state index in [1.165, 1.54) is 6.92 Å². The van der Waals surface area contributed by atoms with Gasteiger partial charge >= 0.3 is 16.4 Å². The third-order valence-electron chi connectivity index (χ3n) is 1.01. The van der Waals surface area contributed by atoms with Gasteiger partial charge in [0.05, 0.1) is 0 Å². The van der Waals surface area contributed by atoms with Gasteiger partial charge in [0, 0.05) is 5.57 Å². The zero-order chi connectivity index (χ0) is 11.2. The zero-order valence-corrected chi connectivity index (χ0v) is 8.37. The number of nitrogens with two attached hydrogens (primary N) is 1. The number of esters is 1. The highest BCUT2D eigenvalue weighted by Gasteiger charge is 2.10. The molecule has 0 atom stereocenters. The van der Waals surface area contributed by atoms with Crippen molar-refractivity contribution in [3.05, 3.63) is 12.2 Å². The molecule has 7 nitrogen and oxygen atoms in total. The Morgan fingerprint density at radius 1 is 1.43 bits per heavy atom. The van der Waals surface area contributed by atoms with E-state index >= 15 is 0 Å². The summed E-state index contributed by atoms with van der Waals surface area (Å²) in [7, 11) is -4.17. The van der Waals surface area contributed by atoms with Crippen molar-refractivity contribution in [2.24, 2.45) is 5.90 Å². The number of ether oxygens (including phenoxy) is 1. The fourth-order valence-corrected chi connectivity index (χ4v) is 0.749. The fourth-order valence-electron chi connectivity index (χ4n) is 0.421. The highest BCUT2D eigenvalue weighted by molar-refractivity contribution is 7.81. The van der Waals surface area contributed by atoms with Crippen LogP contribution in [0.1, 0.15) is 6.92 Å². The van der Waals surface area contributed by atoms with Gasteiger partial charge in [0.2, 0.25) is 0 Å². The second kappa shape index (κ2) is 5.70. The molecule has 0 spiro atoms. The quantitative estimate of drug-likeness (QED) is 0.274. The Labute approximate surface area is 81.7 Å². The predicted octanol–water partition coefficient (Wildman–Crippen LogP) is -0.743. The first-order valence-electron chi connectivity index (χ1n) is 3.49. The van der Waals surface area contributed by atoms with Gasteiger partial charge in [-0.3, -0.25) is 0 Å². The van der Waals surface area contributed by atoms with Gasteiger partial charge in [-0.2, -0.15) is 18.6 Å². The van der Waals surface area contributed by atoms with Crippen LogP contribution < -0.4 is 5.90 Å². The molecule has 0 saturated heterocycles. The van der Waals surface area contributed by atoms with E-state index in [1.54, 1.807) is 0 Å². The Bertz CT molecular complexity index is 308. The fraction of sp³-hybridized carbons (Fsp3) is 0.500. The molecular formula is C6H11NO6S. The molecule has 0 aliphatic carbocycles. The Kier molecular flexibility index (Phi) is 5.31. The van der Waals surface area contributed by atoms with Gasteiger partial charge in [0.25, 0.3) is 0 Å². The Balaban J connectivity index is 3.68. The average Bonchev–Trinajstić information content (AvgIpc) is 2.12. The molecule has 0 aromatic rings. The number of hydrogen-bond donors (Lipinski definition) is 1. The van der Waals surface area contributed by atoms with E-state index in [-0.39, 0.29) is 18.8 Å². The molecule has 0 fully saturated rings. The maximum Gasteiger partial charge on any atom is 0.416 e. The summed E-state index contributed by atoms with van der Waals surface area (Å²) in [5.74, 6) is 3.74. The minimum atomic E-state index is -4.17. The van der Waals surface area contributed by atoms with Gasteiger partial charge in [-0.1, -0.05) is 6.58 Å². The molecule has 82 valence electrons. The Morgan fingerprint density at radius 3 is 2.43 bits per heavy atom. The van der Waals surface area contributed by atoms with Gasteiger partial charge in [-0.25, -0.2) is 8.98 Å². The van der Waals surface area contributed by atoms with Crippen molar-refractivity contribution >= 4 is 16.4 Å². The van der Waals surface area contributed by atoms with Crippen LogP contribution in [0, 0.1) is 0 Å². The van der Waals surface area contributed by atoms with Gasteiger partial charge in [-0.05, 0) is 6.92 Å². The first-order valence-corrected chi connectivity index (χ1v) is 4.82. The summed E-state index contributed by atoms with van der Waals surface area (Å²) in [6, 6.07) is 0. The van der Waals surface area contributed by atoms with E-state index in [0.717, 1.165) is 0 Å². The van der Waals surface area contributed by atoms with Crippen LogP contribution in [0.5, 0.6) is 0 Å². The molecule has 0 aromatic carbocycles. The third kappa shape index (κ3) is 5.65. The molecule has 0 aromatic heterocycles. The van der Waals surface area contributed by atoms with Crippen LogP contribution in [0.15, 0.2) is 12.2 Å². The van der Waals surface area contributed by atoms with Crippen LogP contribution in [0.3, 0.4) is 0 Å². The third-order valence-corrected chi connectivity index (χ3v) is 1.70. The van der Waals surface area contributed by atoms with Gasteiger partial charge in [-0.15, -0.1) is 0 Å². The second-order valence-corrected chi connectivity index (χ2v) is 3.49. The summed E-state index contributed by atoms with van der Waals surface area (Å²) < 4.78 is 33.0. The van der Waals surface area contributed by atoms with Crippen LogP contribution in [-0.2, 0) is 28.4 Å².